The molecule has 0 saturated heterocycles. The number of nitrogen functional groups attached to an aromatic ring is 2. The van der Waals surface area contributed by atoms with E-state index >= 15 is 0 Å². The van der Waals surface area contributed by atoms with Crippen LogP contribution in [0.1, 0.15) is 64.2 Å². The van der Waals surface area contributed by atoms with Crippen molar-refractivity contribution in [1.82, 2.24) is 30.0 Å². The van der Waals surface area contributed by atoms with E-state index in [1.165, 1.54) is 83.8 Å². The predicted molar refractivity (Wildman–Crippen MR) is 356 cm³/mol. The summed E-state index contributed by atoms with van der Waals surface area (Å²) in [7, 11) is 6.23. The summed E-state index contributed by atoms with van der Waals surface area (Å²) in [5.74, 6) is 6.30. The minimum atomic E-state index is -0.544. The number of nitro benzene ring substituents is 2. The van der Waals surface area contributed by atoms with Crippen molar-refractivity contribution in [3.8, 4) is 28.7 Å². The zero-order valence-corrected chi connectivity index (χ0v) is 56.6. The van der Waals surface area contributed by atoms with E-state index in [1.54, 1.807) is 38.5 Å². The highest BCUT2D eigenvalue weighted by Crippen LogP contribution is 2.37. The van der Waals surface area contributed by atoms with Gasteiger partial charge in [0, 0.05) is 38.2 Å². The molecule has 5 saturated carbocycles. The van der Waals surface area contributed by atoms with Crippen LogP contribution in [0.5, 0.6) is 28.7 Å². The van der Waals surface area contributed by atoms with Gasteiger partial charge in [-0.05, 0) is 180 Å². The maximum atomic E-state index is 10.9. The fourth-order valence-electron chi connectivity index (χ4n) is 7.46. The number of fused-ring (bicyclic) bond motifs is 2. The molecule has 30 heteroatoms. The average molecular weight is 1540 g/mol. The molecule has 22 nitrogen and oxygen atoms in total. The van der Waals surface area contributed by atoms with Crippen LogP contribution in [0.4, 0.5) is 34.1 Å². The number of nitrogens with two attached hydrogens (primary N) is 2. The number of anilines is 4. The van der Waals surface area contributed by atoms with Crippen LogP contribution in [-0.4, -0.2) is 101 Å². The van der Waals surface area contributed by atoms with Crippen molar-refractivity contribution in [3.63, 3.8) is 0 Å². The summed E-state index contributed by atoms with van der Waals surface area (Å²) < 4.78 is 25.8. The number of aldehydes is 1. The lowest BCUT2D eigenvalue weighted by Crippen LogP contribution is -2.05. The summed E-state index contributed by atoms with van der Waals surface area (Å²) >= 11 is 25.6. The summed E-state index contributed by atoms with van der Waals surface area (Å²) in [6.45, 7) is 3.77. The Kier molecular flexibility index (Phi) is 29.8. The molecule has 460 valence electrons. The van der Waals surface area contributed by atoms with Crippen LogP contribution in [0.25, 0.3) is 22.1 Å². The maximum absolute atomic E-state index is 10.9. The number of alkyl halides is 2. The topological polar surface area (TPSA) is 298 Å². The Bertz CT molecular complexity index is 3260. The Balaban J connectivity index is 0.000000185. The van der Waals surface area contributed by atoms with Crippen molar-refractivity contribution < 1.29 is 38.7 Å². The van der Waals surface area contributed by atoms with Crippen molar-refractivity contribution in [2.45, 2.75) is 77.3 Å². The number of aromatic hydroxyl groups is 1. The van der Waals surface area contributed by atoms with Gasteiger partial charge in [-0.15, -0.1) is 80.7 Å². The number of aromatic nitrogens is 6. The number of hydrogen-bond acceptors (Lipinski definition) is 18. The van der Waals surface area contributed by atoms with Gasteiger partial charge in [0.05, 0.1) is 87.1 Å². The lowest BCUT2D eigenvalue weighted by atomic mass is 10.2. The van der Waals surface area contributed by atoms with E-state index in [4.69, 9.17) is 53.6 Å². The molecule has 12 rings (SSSR count). The molecule has 0 aliphatic heterocycles. The number of halogens is 7. The lowest BCUT2D eigenvalue weighted by Gasteiger charge is -2.09. The molecule has 2 heterocycles. The Morgan fingerprint density at radius 3 is 1.46 bits per heavy atom. The summed E-state index contributed by atoms with van der Waals surface area (Å²) in [6, 6.07) is 22.4. The molecule has 85 heavy (non-hydrogen) atoms. The van der Waals surface area contributed by atoms with E-state index in [0.29, 0.717) is 33.5 Å². The molecule has 5 aliphatic carbocycles. The molecule has 0 spiro atoms. The SMILES string of the molecule is BrB(Br)Br.COc1ccc(N)c([N+](=O)[O-])c1.COc1ccc(NCC2CC2)c(N)c1.COc1ccc(NCC2CC2)c([N+](=O)[O-])c1.COc1ccc2c(nnn2CC2CC2)c1Br.ClCCl.O=CC1CC1.Oc1ccc2c(nnn2CC2CC2)c1Br. The molecule has 0 radical (unpaired) electrons. The third kappa shape index (κ3) is 24.7. The molecule has 0 bridgehead atoms. The molecular weight excluding hydrogens is 1470 g/mol. The number of ether oxygens (including phenoxy) is 4. The Hall–Kier alpha value is -5.39. The van der Waals surface area contributed by atoms with Crippen molar-refractivity contribution in [2.24, 2.45) is 29.6 Å². The highest BCUT2D eigenvalue weighted by atomic mass is 79.9. The molecule has 7 N–H and O–H groups in total. The summed E-state index contributed by atoms with van der Waals surface area (Å²) in [5, 5.41) is 53.9. The molecule has 5 aliphatic rings. The predicted octanol–water partition coefficient (Wildman–Crippen LogP) is 14.8. The zero-order chi connectivity index (χ0) is 62.2. The van der Waals surface area contributed by atoms with Gasteiger partial charge in [-0.2, -0.15) is 0 Å². The smallest absolute Gasteiger partial charge is 0.369 e. The summed E-state index contributed by atoms with van der Waals surface area (Å²) in [4.78, 5) is 29.9. The van der Waals surface area contributed by atoms with Gasteiger partial charge in [0.2, 0.25) is 0 Å². The van der Waals surface area contributed by atoms with Crippen molar-refractivity contribution in [3.05, 3.63) is 108 Å². The maximum Gasteiger partial charge on any atom is 0.369 e. The number of benzene rings is 5. The Labute approximate surface area is 545 Å². The molecule has 2 aromatic heterocycles. The van der Waals surface area contributed by atoms with Gasteiger partial charge < -0.3 is 50.9 Å². The normalized spacial score (nSPS) is 14.2. The first-order valence-electron chi connectivity index (χ1n) is 26.8. The highest BCUT2D eigenvalue weighted by molar-refractivity contribution is 9.69. The fourth-order valence-corrected chi connectivity index (χ4v) is 8.45. The largest absolute Gasteiger partial charge is 0.507 e. The molecule has 7 aromatic rings. The second-order valence-electron chi connectivity index (χ2n) is 19.9. The lowest BCUT2D eigenvalue weighted by molar-refractivity contribution is -0.384. The van der Waals surface area contributed by atoms with Crippen molar-refractivity contribution in [2.75, 3.05) is 69.0 Å². The van der Waals surface area contributed by atoms with Gasteiger partial charge in [-0.1, -0.05) is 10.4 Å². The summed E-state index contributed by atoms with van der Waals surface area (Å²) in [6.07, 6.45) is 13.7. The van der Waals surface area contributed by atoms with Crippen LogP contribution in [0.3, 0.4) is 0 Å². The number of nitrogens with one attached hydrogen (secondary N) is 2. The average Bonchev–Trinajstić information content (AvgIpc) is 3.27. The van der Waals surface area contributed by atoms with Crippen LogP contribution < -0.4 is 41.0 Å². The number of hydrogen-bond donors (Lipinski definition) is 5. The third-order valence-corrected chi connectivity index (χ3v) is 14.7. The number of phenols is 1. The number of nitro groups is 2. The molecule has 5 fully saturated rings. The van der Waals surface area contributed by atoms with Crippen LogP contribution in [0, 0.1) is 49.8 Å². The van der Waals surface area contributed by atoms with E-state index in [0.717, 1.165) is 112 Å². The monoisotopic (exact) mass is 1530 g/mol. The quantitative estimate of drug-likeness (QED) is 0.0141. The van der Waals surface area contributed by atoms with E-state index in [1.807, 2.05) is 45.8 Å². The van der Waals surface area contributed by atoms with Crippen LogP contribution in [0.15, 0.2) is 87.8 Å². The van der Waals surface area contributed by atoms with Gasteiger partial charge >= 0.3 is 3.18 Å². The second-order valence-corrected chi connectivity index (χ2v) is 28.7. The number of carbonyl (C=O) groups is 1. The van der Waals surface area contributed by atoms with Gasteiger partial charge in [0.15, 0.2) is 0 Å². The summed E-state index contributed by atoms with van der Waals surface area (Å²) in [5.41, 5.74) is 17.3. The Morgan fingerprint density at radius 2 is 1.05 bits per heavy atom. The van der Waals surface area contributed by atoms with Crippen LogP contribution >= 0.6 is 102 Å². The van der Waals surface area contributed by atoms with Gasteiger partial charge in [-0.3, -0.25) is 20.2 Å². The van der Waals surface area contributed by atoms with E-state index < -0.39 is 9.85 Å². The number of rotatable bonds is 17. The first kappa shape index (κ1) is 70.4. The number of carbonyl (C=O) groups excluding carboxylic acids is 1. The minimum absolute atomic E-state index is 0.0694. The van der Waals surface area contributed by atoms with Crippen LogP contribution in [-0.2, 0) is 17.9 Å². The first-order valence-corrected chi connectivity index (χ1v) is 32.3. The molecule has 5 aromatic carbocycles. The first-order chi connectivity index (χ1) is 40.8. The zero-order valence-electron chi connectivity index (χ0n) is 47.2. The number of nitrogens with zero attached hydrogens (tertiary/aromatic N) is 8. The van der Waals surface area contributed by atoms with Gasteiger partial charge in [-0.25, -0.2) is 9.36 Å². The van der Waals surface area contributed by atoms with E-state index in [-0.39, 0.29) is 31.3 Å². The standard InChI is InChI=1S/C11H12BrN3O.C11H14N2O3.C11H16N2O.C10H10BrN3O.C7H8N2O3.C4H6O.CH2Cl2.BBr3/c1-16-9-5-4-8-11(10(9)12)13-14-15(8)6-7-2-3-7;1-16-9-4-5-10(11(6-9)13(14)15)12-7-8-2-3-8;1-14-9-4-5-11(10(12)6-9)13-7-8-2-3-8;11-9-8(15)4-3-7-10(9)12-13-14(7)5-6-1-2-6;1-12-5-2-3-6(8)7(4-5)9(10)11;5-3-4-1-2-4;2-1-3;2-1(3)4/h4-5,7H,2-3,6H2,1H3;4-6,8,12H,2-3,7H2,1H3;4-6,8,13H,2-3,7,12H2,1H3;3-4,6,15H,1-2,5H2;2-4H,8H2,1H3;3-4H,1-2H2;1H2;. The molecule has 0 unspecified atom stereocenters. The molecule has 0 atom stereocenters. The van der Waals surface area contributed by atoms with Crippen LogP contribution in [0.2, 0.25) is 0 Å². The highest BCUT2D eigenvalue weighted by Gasteiger charge is 2.26. The number of phenolic OH excluding ortho intramolecular Hbond substituents is 1. The third-order valence-electron chi connectivity index (χ3n) is 13.1. The van der Waals surface area contributed by atoms with Gasteiger partial charge in [0.25, 0.3) is 11.4 Å². The second kappa shape index (κ2) is 36.1. The van der Waals surface area contributed by atoms with Crippen molar-refractivity contribution in [1.29, 1.82) is 0 Å². The van der Waals surface area contributed by atoms with E-state index in [9.17, 15) is 30.1 Å². The molecular formula is C55H68BBr5Cl2N12O10. The van der Waals surface area contributed by atoms with E-state index in [2.05, 4.69) is 110 Å². The van der Waals surface area contributed by atoms with Gasteiger partial charge in [0.1, 0.15) is 57.4 Å². The Morgan fingerprint density at radius 1 is 0.624 bits per heavy atom. The fraction of sp³-hybridized carbons (Fsp3) is 0.436. The number of methoxy groups -OCH3 is 4. The minimum Gasteiger partial charge on any atom is -0.507 e. The van der Waals surface area contributed by atoms with Crippen molar-refractivity contribution >= 4 is 168 Å². The molecule has 0 amide bonds.